The van der Waals surface area contributed by atoms with Crippen LogP contribution < -0.4 is 10.1 Å². The van der Waals surface area contributed by atoms with Crippen molar-refractivity contribution in [2.75, 3.05) is 6.61 Å². The van der Waals surface area contributed by atoms with Crippen LogP contribution in [0.4, 0.5) is 0 Å². The lowest BCUT2D eigenvalue weighted by Gasteiger charge is -2.17. The minimum absolute atomic E-state index is 0.0294. The SMILES string of the molecule is CC(C)[C@H](C)NC(=O)COc1ccc(Br)cc1Cl. The number of hydrogen-bond donors (Lipinski definition) is 1. The van der Waals surface area contributed by atoms with Crippen molar-refractivity contribution in [2.45, 2.75) is 26.8 Å². The fraction of sp³-hybridized carbons (Fsp3) is 0.462. The van der Waals surface area contributed by atoms with Gasteiger partial charge in [-0.1, -0.05) is 41.4 Å². The van der Waals surface area contributed by atoms with Gasteiger partial charge in [0.05, 0.1) is 5.02 Å². The smallest absolute Gasteiger partial charge is 0.258 e. The molecule has 0 radical (unpaired) electrons. The molecule has 0 spiro atoms. The molecule has 0 aromatic heterocycles. The third-order valence-electron chi connectivity index (χ3n) is 2.64. The van der Waals surface area contributed by atoms with E-state index in [9.17, 15) is 4.79 Å². The Morgan fingerprint density at radius 1 is 1.44 bits per heavy atom. The van der Waals surface area contributed by atoms with Gasteiger partial charge in [0.2, 0.25) is 0 Å². The van der Waals surface area contributed by atoms with Crippen LogP contribution in [0, 0.1) is 5.92 Å². The molecule has 0 fully saturated rings. The molecule has 1 N–H and O–H groups in total. The third-order valence-corrected chi connectivity index (χ3v) is 3.43. The molecule has 1 rings (SSSR count). The number of halogens is 2. The van der Waals surface area contributed by atoms with Crippen LogP contribution in [0.2, 0.25) is 5.02 Å². The van der Waals surface area contributed by atoms with Crippen molar-refractivity contribution in [3.8, 4) is 5.75 Å². The van der Waals surface area contributed by atoms with Gasteiger partial charge in [-0.05, 0) is 31.0 Å². The van der Waals surface area contributed by atoms with Crippen LogP contribution in [0.5, 0.6) is 5.75 Å². The fourth-order valence-corrected chi connectivity index (χ4v) is 1.93. The van der Waals surface area contributed by atoms with Gasteiger partial charge in [0.15, 0.2) is 6.61 Å². The molecular weight excluding hydrogens is 318 g/mol. The summed E-state index contributed by atoms with van der Waals surface area (Å²) in [5.41, 5.74) is 0. The number of amides is 1. The van der Waals surface area contributed by atoms with Crippen LogP contribution >= 0.6 is 27.5 Å². The van der Waals surface area contributed by atoms with Crippen molar-refractivity contribution in [3.63, 3.8) is 0 Å². The Morgan fingerprint density at radius 3 is 2.67 bits per heavy atom. The molecule has 0 aliphatic carbocycles. The van der Waals surface area contributed by atoms with E-state index < -0.39 is 0 Å². The Kier molecular flexibility index (Phi) is 5.96. The summed E-state index contributed by atoms with van der Waals surface area (Å²) in [6.45, 7) is 6.04. The second-order valence-corrected chi connectivity index (χ2v) is 5.79. The third kappa shape index (κ3) is 4.86. The molecule has 0 unspecified atom stereocenters. The summed E-state index contributed by atoms with van der Waals surface area (Å²) < 4.78 is 6.24. The van der Waals surface area contributed by atoms with Gasteiger partial charge in [-0.25, -0.2) is 0 Å². The van der Waals surface area contributed by atoms with Gasteiger partial charge in [-0.3, -0.25) is 4.79 Å². The van der Waals surface area contributed by atoms with Crippen LogP contribution in [0.25, 0.3) is 0 Å². The molecule has 1 atom stereocenters. The van der Waals surface area contributed by atoms with E-state index in [1.807, 2.05) is 13.0 Å². The van der Waals surface area contributed by atoms with Gasteiger partial charge in [-0.2, -0.15) is 0 Å². The van der Waals surface area contributed by atoms with E-state index in [0.717, 1.165) is 4.47 Å². The van der Waals surface area contributed by atoms with Gasteiger partial charge >= 0.3 is 0 Å². The first-order valence-electron chi connectivity index (χ1n) is 5.77. The number of ether oxygens (including phenoxy) is 1. The first-order chi connectivity index (χ1) is 8.40. The molecule has 0 heterocycles. The molecule has 3 nitrogen and oxygen atoms in total. The van der Waals surface area contributed by atoms with Crippen LogP contribution in [-0.2, 0) is 4.79 Å². The summed E-state index contributed by atoms with van der Waals surface area (Å²) >= 11 is 9.29. The first kappa shape index (κ1) is 15.3. The Hall–Kier alpha value is -0.740. The van der Waals surface area contributed by atoms with Crippen molar-refractivity contribution < 1.29 is 9.53 Å². The lowest BCUT2D eigenvalue weighted by molar-refractivity contribution is -0.123. The minimum atomic E-state index is -0.143. The van der Waals surface area contributed by atoms with E-state index in [4.69, 9.17) is 16.3 Å². The number of benzene rings is 1. The molecular formula is C13H17BrClNO2. The van der Waals surface area contributed by atoms with Crippen molar-refractivity contribution in [2.24, 2.45) is 5.92 Å². The predicted octanol–water partition coefficient (Wildman–Crippen LogP) is 3.64. The van der Waals surface area contributed by atoms with Gasteiger partial charge in [0.1, 0.15) is 5.75 Å². The normalized spacial score (nSPS) is 12.3. The quantitative estimate of drug-likeness (QED) is 0.893. The number of carbonyl (C=O) groups is 1. The molecule has 100 valence electrons. The first-order valence-corrected chi connectivity index (χ1v) is 6.94. The molecule has 1 aromatic rings. The minimum Gasteiger partial charge on any atom is -0.482 e. The summed E-state index contributed by atoms with van der Waals surface area (Å²) in [5.74, 6) is 0.757. The zero-order valence-corrected chi connectivity index (χ0v) is 13.0. The molecule has 0 saturated heterocycles. The highest BCUT2D eigenvalue weighted by Gasteiger charge is 2.11. The molecule has 0 aliphatic rings. The highest BCUT2D eigenvalue weighted by atomic mass is 79.9. The summed E-state index contributed by atoms with van der Waals surface area (Å²) in [6, 6.07) is 5.40. The Labute approximate surface area is 121 Å². The molecule has 1 amide bonds. The summed E-state index contributed by atoms with van der Waals surface area (Å²) in [5, 5.41) is 3.34. The summed E-state index contributed by atoms with van der Waals surface area (Å²) in [6.07, 6.45) is 0. The monoisotopic (exact) mass is 333 g/mol. The van der Waals surface area contributed by atoms with Crippen LogP contribution in [0.1, 0.15) is 20.8 Å². The van der Waals surface area contributed by atoms with E-state index in [0.29, 0.717) is 16.7 Å². The molecule has 18 heavy (non-hydrogen) atoms. The largest absolute Gasteiger partial charge is 0.482 e. The molecule has 0 aliphatic heterocycles. The predicted molar refractivity (Wildman–Crippen MR) is 77.1 cm³/mol. The number of nitrogens with one attached hydrogen (secondary N) is 1. The Bertz CT molecular complexity index is 423. The topological polar surface area (TPSA) is 38.3 Å². The number of hydrogen-bond acceptors (Lipinski definition) is 2. The van der Waals surface area contributed by atoms with E-state index in [1.54, 1.807) is 12.1 Å². The Balaban J connectivity index is 2.47. The fourth-order valence-electron chi connectivity index (χ4n) is 1.20. The maximum atomic E-state index is 11.6. The second-order valence-electron chi connectivity index (χ2n) is 4.46. The van der Waals surface area contributed by atoms with Gasteiger partial charge in [0, 0.05) is 10.5 Å². The van der Waals surface area contributed by atoms with E-state index in [1.165, 1.54) is 0 Å². The van der Waals surface area contributed by atoms with Crippen LogP contribution in [-0.4, -0.2) is 18.6 Å². The maximum absolute atomic E-state index is 11.6. The van der Waals surface area contributed by atoms with Crippen molar-refractivity contribution >= 4 is 33.4 Å². The molecule has 0 saturated carbocycles. The zero-order chi connectivity index (χ0) is 13.7. The van der Waals surface area contributed by atoms with E-state index in [2.05, 4.69) is 35.1 Å². The zero-order valence-electron chi connectivity index (χ0n) is 10.7. The lowest BCUT2D eigenvalue weighted by atomic mass is 10.1. The average molecular weight is 335 g/mol. The van der Waals surface area contributed by atoms with Gasteiger partial charge < -0.3 is 10.1 Å². The van der Waals surface area contributed by atoms with Crippen molar-refractivity contribution in [1.29, 1.82) is 0 Å². The number of carbonyl (C=O) groups excluding carboxylic acids is 1. The lowest BCUT2D eigenvalue weighted by Crippen LogP contribution is -2.38. The van der Waals surface area contributed by atoms with Gasteiger partial charge in [0.25, 0.3) is 5.91 Å². The van der Waals surface area contributed by atoms with Crippen LogP contribution in [0.15, 0.2) is 22.7 Å². The van der Waals surface area contributed by atoms with E-state index >= 15 is 0 Å². The molecule has 5 heteroatoms. The van der Waals surface area contributed by atoms with Crippen LogP contribution in [0.3, 0.4) is 0 Å². The number of rotatable bonds is 5. The Morgan fingerprint density at radius 2 is 2.11 bits per heavy atom. The summed E-state index contributed by atoms with van der Waals surface area (Å²) in [7, 11) is 0. The second kappa shape index (κ2) is 7.00. The summed E-state index contributed by atoms with van der Waals surface area (Å²) in [4.78, 5) is 11.6. The highest BCUT2D eigenvalue weighted by Crippen LogP contribution is 2.27. The van der Waals surface area contributed by atoms with Gasteiger partial charge in [-0.15, -0.1) is 0 Å². The average Bonchev–Trinajstić information content (AvgIpc) is 2.27. The molecule has 1 aromatic carbocycles. The van der Waals surface area contributed by atoms with Crippen molar-refractivity contribution in [3.05, 3.63) is 27.7 Å². The standard InChI is InChI=1S/C13H17BrClNO2/c1-8(2)9(3)16-13(17)7-18-12-5-4-10(14)6-11(12)15/h4-6,8-9H,7H2,1-3H3,(H,16,17)/t9-/m0/s1. The van der Waals surface area contributed by atoms with E-state index in [-0.39, 0.29) is 18.6 Å². The van der Waals surface area contributed by atoms with Crippen molar-refractivity contribution in [1.82, 2.24) is 5.32 Å². The highest BCUT2D eigenvalue weighted by molar-refractivity contribution is 9.10. The maximum Gasteiger partial charge on any atom is 0.258 e. The molecule has 0 bridgehead atoms.